The van der Waals surface area contributed by atoms with Crippen molar-refractivity contribution in [2.45, 2.75) is 51.4 Å². The molecule has 1 atom stereocenters. The summed E-state index contributed by atoms with van der Waals surface area (Å²) in [4.78, 5) is 19.3. The van der Waals surface area contributed by atoms with E-state index in [-0.39, 0.29) is 17.1 Å². The molecule has 0 radical (unpaired) electrons. The molecule has 0 amide bonds. The lowest BCUT2D eigenvalue weighted by atomic mass is 9.82. The first-order valence-electron chi connectivity index (χ1n) is 8.97. The van der Waals surface area contributed by atoms with Crippen molar-refractivity contribution in [2.24, 2.45) is 0 Å². The van der Waals surface area contributed by atoms with Gasteiger partial charge in [-0.15, -0.1) is 0 Å². The number of rotatable bonds is 5. The number of aromatic amines is 1. The van der Waals surface area contributed by atoms with Gasteiger partial charge in [0.1, 0.15) is 0 Å². The molecule has 3 rings (SSSR count). The third-order valence-electron chi connectivity index (χ3n) is 4.80. The van der Waals surface area contributed by atoms with E-state index in [1.54, 1.807) is 12.4 Å². The summed E-state index contributed by atoms with van der Waals surface area (Å²) in [5.74, 6) is 0.473. The van der Waals surface area contributed by atoms with Gasteiger partial charge in [-0.2, -0.15) is 0 Å². The van der Waals surface area contributed by atoms with E-state index in [9.17, 15) is 4.79 Å². The number of nitrogens with zero attached hydrogens (tertiary/aromatic N) is 1. The Labute approximate surface area is 149 Å². The Balaban J connectivity index is 1.62. The molecule has 0 unspecified atom stereocenters. The van der Waals surface area contributed by atoms with Gasteiger partial charge in [-0.1, -0.05) is 45.0 Å². The van der Waals surface area contributed by atoms with Gasteiger partial charge < -0.3 is 10.3 Å². The third kappa shape index (κ3) is 4.59. The number of hydrogen-bond donors (Lipinski definition) is 2. The fourth-order valence-corrected chi connectivity index (χ4v) is 3.29. The van der Waals surface area contributed by atoms with Crippen LogP contribution in [0.2, 0.25) is 0 Å². The molecule has 0 aliphatic heterocycles. The molecule has 4 heteroatoms. The van der Waals surface area contributed by atoms with Crippen molar-refractivity contribution in [3.8, 4) is 0 Å². The van der Waals surface area contributed by atoms with E-state index < -0.39 is 0 Å². The van der Waals surface area contributed by atoms with Crippen LogP contribution in [0.15, 0.2) is 48.6 Å². The van der Waals surface area contributed by atoms with Gasteiger partial charge in [0.05, 0.1) is 6.33 Å². The topological polar surface area (TPSA) is 57.8 Å². The Morgan fingerprint density at radius 1 is 1.20 bits per heavy atom. The van der Waals surface area contributed by atoms with Gasteiger partial charge in [-0.3, -0.25) is 4.79 Å². The van der Waals surface area contributed by atoms with Crippen molar-refractivity contribution in [3.05, 3.63) is 65.4 Å². The van der Waals surface area contributed by atoms with Crippen molar-refractivity contribution in [3.63, 3.8) is 0 Å². The maximum Gasteiger partial charge on any atom is 0.158 e. The van der Waals surface area contributed by atoms with Crippen molar-refractivity contribution in [2.75, 3.05) is 6.54 Å². The first-order valence-corrected chi connectivity index (χ1v) is 8.97. The highest BCUT2D eigenvalue weighted by Crippen LogP contribution is 2.32. The number of aromatic nitrogens is 2. The third-order valence-corrected chi connectivity index (χ3v) is 4.80. The predicted octanol–water partition coefficient (Wildman–Crippen LogP) is 3.87. The van der Waals surface area contributed by atoms with Crippen LogP contribution < -0.4 is 5.32 Å². The molecule has 1 aromatic carbocycles. The van der Waals surface area contributed by atoms with Gasteiger partial charge in [0.15, 0.2) is 5.78 Å². The Morgan fingerprint density at radius 3 is 2.60 bits per heavy atom. The Morgan fingerprint density at radius 2 is 1.96 bits per heavy atom. The fraction of sp³-hybridized carbons (Fsp3) is 0.429. The lowest BCUT2D eigenvalue weighted by molar-refractivity contribution is -0.115. The van der Waals surface area contributed by atoms with Crippen LogP contribution in [0.4, 0.5) is 0 Å². The van der Waals surface area contributed by atoms with Gasteiger partial charge >= 0.3 is 0 Å². The zero-order valence-corrected chi connectivity index (χ0v) is 15.3. The molecule has 1 aliphatic carbocycles. The molecule has 1 aliphatic rings. The SMILES string of the molecule is CC(C)(C)c1ccc([C@H]2CC(=O)C=C(NCCc3cnc[nH]3)C2)cc1. The molecule has 0 fully saturated rings. The minimum atomic E-state index is 0.153. The summed E-state index contributed by atoms with van der Waals surface area (Å²) in [5.41, 5.74) is 4.87. The van der Waals surface area contributed by atoms with E-state index in [2.05, 4.69) is 60.3 Å². The Kier molecular flexibility index (Phi) is 5.07. The van der Waals surface area contributed by atoms with Crippen LogP contribution in [0.1, 0.15) is 56.4 Å². The maximum absolute atomic E-state index is 12.1. The molecule has 1 aromatic heterocycles. The summed E-state index contributed by atoms with van der Waals surface area (Å²) >= 11 is 0. The fourth-order valence-electron chi connectivity index (χ4n) is 3.29. The number of carbonyl (C=O) groups excluding carboxylic acids is 1. The quantitative estimate of drug-likeness (QED) is 0.871. The van der Waals surface area contributed by atoms with Crippen LogP contribution in [-0.2, 0) is 16.6 Å². The number of imidazole rings is 1. The molecule has 0 bridgehead atoms. The largest absolute Gasteiger partial charge is 0.388 e. The predicted molar refractivity (Wildman–Crippen MR) is 101 cm³/mol. The van der Waals surface area contributed by atoms with Crippen molar-refractivity contribution in [1.82, 2.24) is 15.3 Å². The smallest absolute Gasteiger partial charge is 0.158 e. The van der Waals surface area contributed by atoms with Crippen LogP contribution >= 0.6 is 0 Å². The molecule has 1 heterocycles. The molecular weight excluding hydrogens is 310 g/mol. The van der Waals surface area contributed by atoms with E-state index in [0.29, 0.717) is 6.42 Å². The Bertz CT molecular complexity index is 736. The second-order valence-corrected chi connectivity index (χ2v) is 7.87. The van der Waals surface area contributed by atoms with Crippen molar-refractivity contribution < 1.29 is 4.79 Å². The molecule has 2 N–H and O–H groups in total. The maximum atomic E-state index is 12.1. The van der Waals surface area contributed by atoms with Crippen molar-refractivity contribution in [1.29, 1.82) is 0 Å². The highest BCUT2D eigenvalue weighted by atomic mass is 16.1. The highest BCUT2D eigenvalue weighted by Gasteiger charge is 2.23. The molecule has 132 valence electrons. The first kappa shape index (κ1) is 17.5. The molecular formula is C21H27N3O. The summed E-state index contributed by atoms with van der Waals surface area (Å²) in [7, 11) is 0. The van der Waals surface area contributed by atoms with Gasteiger partial charge in [0, 0.05) is 43.1 Å². The zero-order chi connectivity index (χ0) is 17.9. The minimum Gasteiger partial charge on any atom is -0.388 e. The average molecular weight is 337 g/mol. The van der Waals surface area contributed by atoms with Crippen LogP contribution in [-0.4, -0.2) is 22.3 Å². The number of carbonyl (C=O) groups is 1. The minimum absolute atomic E-state index is 0.153. The zero-order valence-electron chi connectivity index (χ0n) is 15.3. The van der Waals surface area contributed by atoms with E-state index in [0.717, 1.165) is 30.8 Å². The number of hydrogen-bond acceptors (Lipinski definition) is 3. The number of allylic oxidation sites excluding steroid dienone is 2. The number of nitrogens with one attached hydrogen (secondary N) is 2. The van der Waals surface area contributed by atoms with Gasteiger partial charge in [0.2, 0.25) is 0 Å². The van der Waals surface area contributed by atoms with Crippen LogP contribution in [0.5, 0.6) is 0 Å². The Hall–Kier alpha value is -2.36. The second-order valence-electron chi connectivity index (χ2n) is 7.87. The van der Waals surface area contributed by atoms with Gasteiger partial charge in [0.25, 0.3) is 0 Å². The van der Waals surface area contributed by atoms with E-state index in [4.69, 9.17) is 0 Å². The van der Waals surface area contributed by atoms with Crippen LogP contribution in [0.25, 0.3) is 0 Å². The van der Waals surface area contributed by atoms with Crippen LogP contribution in [0, 0.1) is 0 Å². The van der Waals surface area contributed by atoms with Crippen molar-refractivity contribution >= 4 is 5.78 Å². The molecule has 2 aromatic rings. The number of benzene rings is 1. The van der Waals surface area contributed by atoms with Gasteiger partial charge in [-0.25, -0.2) is 4.98 Å². The van der Waals surface area contributed by atoms with E-state index in [1.807, 2.05) is 6.20 Å². The monoisotopic (exact) mass is 337 g/mol. The molecule has 0 saturated carbocycles. The normalized spacial score (nSPS) is 18.1. The molecule has 0 spiro atoms. The van der Waals surface area contributed by atoms with E-state index >= 15 is 0 Å². The standard InChI is InChI=1S/C21H27N3O/c1-21(2,3)17-6-4-15(5-7-17)16-10-19(12-20(25)11-16)23-9-8-18-13-22-14-24-18/h4-7,12-14,16,23H,8-11H2,1-3H3,(H,22,24)/t16-/m1/s1. The summed E-state index contributed by atoms with van der Waals surface area (Å²) < 4.78 is 0. The number of H-pyrrole nitrogens is 1. The summed E-state index contributed by atoms with van der Waals surface area (Å²) in [6, 6.07) is 8.77. The van der Waals surface area contributed by atoms with Gasteiger partial charge in [-0.05, 0) is 28.9 Å². The molecule has 25 heavy (non-hydrogen) atoms. The number of ketones is 1. The summed E-state index contributed by atoms with van der Waals surface area (Å²) in [6.07, 6.45) is 7.66. The lowest BCUT2D eigenvalue weighted by Gasteiger charge is -2.25. The first-order chi connectivity index (χ1) is 11.9. The summed E-state index contributed by atoms with van der Waals surface area (Å²) in [5, 5.41) is 3.42. The summed E-state index contributed by atoms with van der Waals surface area (Å²) in [6.45, 7) is 7.46. The van der Waals surface area contributed by atoms with E-state index in [1.165, 1.54) is 11.1 Å². The molecule has 4 nitrogen and oxygen atoms in total. The lowest BCUT2D eigenvalue weighted by Crippen LogP contribution is -2.24. The molecule has 0 saturated heterocycles. The second kappa shape index (κ2) is 7.26. The average Bonchev–Trinajstić information content (AvgIpc) is 3.07. The van der Waals surface area contributed by atoms with Crippen LogP contribution in [0.3, 0.4) is 0 Å². The highest BCUT2D eigenvalue weighted by molar-refractivity contribution is 5.91.